The fourth-order valence-corrected chi connectivity index (χ4v) is 1.90. The van der Waals surface area contributed by atoms with Gasteiger partial charge in [-0.15, -0.1) is 11.3 Å². The van der Waals surface area contributed by atoms with Crippen molar-refractivity contribution in [3.05, 3.63) is 39.8 Å². The van der Waals surface area contributed by atoms with Gasteiger partial charge in [0.1, 0.15) is 5.76 Å². The third-order valence-electron chi connectivity index (χ3n) is 1.65. The summed E-state index contributed by atoms with van der Waals surface area (Å²) in [7, 11) is 0. The lowest BCUT2D eigenvalue weighted by Gasteiger charge is -1.92. The Balaban J connectivity index is 2.22. The maximum atomic E-state index is 10.7. The zero-order valence-corrected chi connectivity index (χ0v) is 7.93. The van der Waals surface area contributed by atoms with E-state index in [1.165, 1.54) is 11.0 Å². The molecule has 1 aliphatic heterocycles. The first-order valence-corrected chi connectivity index (χ1v) is 4.74. The van der Waals surface area contributed by atoms with Crippen molar-refractivity contribution >= 4 is 23.4 Å². The van der Waals surface area contributed by atoms with Gasteiger partial charge in [0, 0.05) is 15.8 Å². The van der Waals surface area contributed by atoms with Crippen LogP contribution in [0.4, 0.5) is 0 Å². The molecule has 2 nitrogen and oxygen atoms in total. The van der Waals surface area contributed by atoms with Crippen molar-refractivity contribution in [3.8, 4) is 0 Å². The molecule has 1 aliphatic rings. The Morgan fingerprint density at radius 3 is 2.77 bits per heavy atom. The van der Waals surface area contributed by atoms with Crippen molar-refractivity contribution in [2.45, 2.75) is 6.92 Å². The van der Waals surface area contributed by atoms with E-state index in [4.69, 9.17) is 4.74 Å². The van der Waals surface area contributed by atoms with E-state index in [-0.39, 0.29) is 5.97 Å². The monoisotopic (exact) mass is 192 g/mol. The standard InChI is InChI=1S/C10H8O2S/c1-7-2-4-9(13-7)6-8-3-5-10(11)12-8/h2-6H,1H3/b8-6+. The van der Waals surface area contributed by atoms with Crippen LogP contribution in [0.25, 0.3) is 6.08 Å². The van der Waals surface area contributed by atoms with Crippen molar-refractivity contribution in [2.75, 3.05) is 0 Å². The minimum atomic E-state index is -0.292. The number of allylic oxidation sites excluding steroid dienone is 1. The number of hydrogen-bond acceptors (Lipinski definition) is 3. The van der Waals surface area contributed by atoms with Crippen LogP contribution in [0.3, 0.4) is 0 Å². The third-order valence-corrected chi connectivity index (χ3v) is 2.60. The quantitative estimate of drug-likeness (QED) is 0.639. The van der Waals surface area contributed by atoms with Crippen LogP contribution in [-0.2, 0) is 9.53 Å². The average molecular weight is 192 g/mol. The molecule has 0 aliphatic carbocycles. The molecule has 0 aromatic carbocycles. The lowest BCUT2D eigenvalue weighted by Crippen LogP contribution is -1.89. The SMILES string of the molecule is Cc1ccc(/C=C2\C=CC(=O)O2)s1. The number of rotatable bonds is 1. The van der Waals surface area contributed by atoms with E-state index in [0.717, 1.165) is 4.88 Å². The summed E-state index contributed by atoms with van der Waals surface area (Å²) in [6.45, 7) is 2.04. The molecule has 0 atom stereocenters. The van der Waals surface area contributed by atoms with Gasteiger partial charge in [-0.1, -0.05) is 0 Å². The van der Waals surface area contributed by atoms with Gasteiger partial charge in [-0.05, 0) is 31.2 Å². The molecular weight excluding hydrogens is 184 g/mol. The lowest BCUT2D eigenvalue weighted by atomic mass is 10.3. The summed E-state index contributed by atoms with van der Waals surface area (Å²) < 4.78 is 4.89. The summed E-state index contributed by atoms with van der Waals surface area (Å²) in [6.07, 6.45) is 4.96. The van der Waals surface area contributed by atoms with Crippen LogP contribution in [0.5, 0.6) is 0 Å². The summed E-state index contributed by atoms with van der Waals surface area (Å²) in [5.41, 5.74) is 0. The molecule has 66 valence electrons. The highest BCUT2D eigenvalue weighted by Crippen LogP contribution is 2.20. The first kappa shape index (κ1) is 8.26. The molecule has 0 spiro atoms. The van der Waals surface area contributed by atoms with Crippen LogP contribution in [0, 0.1) is 6.92 Å². The van der Waals surface area contributed by atoms with Crippen molar-refractivity contribution in [2.24, 2.45) is 0 Å². The molecular formula is C10H8O2S. The van der Waals surface area contributed by atoms with Gasteiger partial charge in [-0.25, -0.2) is 4.79 Å². The van der Waals surface area contributed by atoms with Gasteiger partial charge >= 0.3 is 5.97 Å². The Kier molecular flexibility index (Phi) is 2.02. The number of carbonyl (C=O) groups excluding carboxylic acids is 1. The van der Waals surface area contributed by atoms with Crippen LogP contribution >= 0.6 is 11.3 Å². The fourth-order valence-electron chi connectivity index (χ4n) is 1.08. The van der Waals surface area contributed by atoms with E-state index in [0.29, 0.717) is 5.76 Å². The summed E-state index contributed by atoms with van der Waals surface area (Å²) in [5.74, 6) is 0.325. The van der Waals surface area contributed by atoms with Gasteiger partial charge in [-0.3, -0.25) is 0 Å². The zero-order chi connectivity index (χ0) is 9.26. The molecule has 2 rings (SSSR count). The average Bonchev–Trinajstić information content (AvgIpc) is 2.62. The molecule has 0 saturated heterocycles. The van der Waals surface area contributed by atoms with Crippen molar-refractivity contribution in [3.63, 3.8) is 0 Å². The molecule has 1 aromatic rings. The molecule has 1 aromatic heterocycles. The molecule has 0 radical (unpaired) electrons. The number of aryl methyl sites for hydroxylation is 1. The van der Waals surface area contributed by atoms with Crippen LogP contribution in [0.15, 0.2) is 30.0 Å². The molecule has 13 heavy (non-hydrogen) atoms. The molecule has 0 fully saturated rings. The Morgan fingerprint density at radius 1 is 1.38 bits per heavy atom. The largest absolute Gasteiger partial charge is 0.423 e. The van der Waals surface area contributed by atoms with Gasteiger partial charge < -0.3 is 4.74 Å². The summed E-state index contributed by atoms with van der Waals surface area (Å²) >= 11 is 1.67. The first-order chi connectivity index (χ1) is 6.24. The van der Waals surface area contributed by atoms with E-state index in [1.54, 1.807) is 17.4 Å². The number of cyclic esters (lactones) is 1. The first-order valence-electron chi connectivity index (χ1n) is 3.92. The summed E-state index contributed by atoms with van der Waals surface area (Å²) in [6, 6.07) is 4.05. The molecule has 0 unspecified atom stereocenters. The zero-order valence-electron chi connectivity index (χ0n) is 7.11. The van der Waals surface area contributed by atoms with Crippen molar-refractivity contribution in [1.29, 1.82) is 0 Å². The van der Waals surface area contributed by atoms with E-state index in [2.05, 4.69) is 0 Å². The van der Waals surface area contributed by atoms with Gasteiger partial charge in [-0.2, -0.15) is 0 Å². The minimum absolute atomic E-state index is 0.292. The number of thiophene rings is 1. The number of esters is 1. The number of carbonyl (C=O) groups is 1. The second-order valence-electron chi connectivity index (χ2n) is 2.75. The molecule has 0 saturated carbocycles. The van der Waals surface area contributed by atoms with Gasteiger partial charge in [0.25, 0.3) is 0 Å². The van der Waals surface area contributed by atoms with E-state index in [9.17, 15) is 4.79 Å². The van der Waals surface area contributed by atoms with Crippen molar-refractivity contribution < 1.29 is 9.53 Å². The summed E-state index contributed by atoms with van der Waals surface area (Å²) in [4.78, 5) is 13.1. The maximum absolute atomic E-state index is 10.7. The molecule has 0 amide bonds. The Hall–Kier alpha value is -1.35. The Morgan fingerprint density at radius 2 is 2.23 bits per heavy atom. The van der Waals surface area contributed by atoms with Crippen LogP contribution in [0.1, 0.15) is 9.75 Å². The Labute approximate surface area is 80.2 Å². The third kappa shape index (κ3) is 1.87. The molecule has 0 N–H and O–H groups in total. The number of hydrogen-bond donors (Lipinski definition) is 0. The van der Waals surface area contributed by atoms with Crippen LogP contribution in [0.2, 0.25) is 0 Å². The molecule has 3 heteroatoms. The highest BCUT2D eigenvalue weighted by atomic mass is 32.1. The highest BCUT2D eigenvalue weighted by Gasteiger charge is 2.09. The van der Waals surface area contributed by atoms with Crippen LogP contribution < -0.4 is 0 Å². The summed E-state index contributed by atoms with van der Waals surface area (Å²) in [5, 5.41) is 0. The Bertz CT molecular complexity index is 399. The fraction of sp³-hybridized carbons (Fsp3) is 0.100. The van der Waals surface area contributed by atoms with Gasteiger partial charge in [0.15, 0.2) is 0 Å². The van der Waals surface area contributed by atoms with E-state index in [1.807, 2.05) is 25.1 Å². The maximum Gasteiger partial charge on any atom is 0.336 e. The molecule has 2 heterocycles. The van der Waals surface area contributed by atoms with Crippen LogP contribution in [-0.4, -0.2) is 5.97 Å². The minimum Gasteiger partial charge on any atom is -0.423 e. The second-order valence-corrected chi connectivity index (χ2v) is 4.07. The smallest absolute Gasteiger partial charge is 0.336 e. The number of ether oxygens (including phenoxy) is 1. The van der Waals surface area contributed by atoms with Gasteiger partial charge in [0.05, 0.1) is 0 Å². The second kappa shape index (κ2) is 3.18. The normalized spacial score (nSPS) is 18.2. The predicted molar refractivity (Wildman–Crippen MR) is 52.3 cm³/mol. The highest BCUT2D eigenvalue weighted by molar-refractivity contribution is 7.12. The van der Waals surface area contributed by atoms with Gasteiger partial charge in [0.2, 0.25) is 0 Å². The molecule has 0 bridgehead atoms. The van der Waals surface area contributed by atoms with E-state index >= 15 is 0 Å². The van der Waals surface area contributed by atoms with E-state index < -0.39 is 0 Å². The lowest BCUT2D eigenvalue weighted by molar-refractivity contribution is -0.132. The van der Waals surface area contributed by atoms with Crippen molar-refractivity contribution in [1.82, 2.24) is 0 Å². The topological polar surface area (TPSA) is 26.3 Å². The predicted octanol–water partition coefficient (Wildman–Crippen LogP) is 2.51.